The van der Waals surface area contributed by atoms with E-state index < -0.39 is 0 Å². The molecule has 0 saturated heterocycles. The van der Waals surface area contributed by atoms with Crippen molar-refractivity contribution in [2.45, 2.75) is 45.4 Å². The third kappa shape index (κ3) is 3.72. The molecule has 0 heterocycles. The summed E-state index contributed by atoms with van der Waals surface area (Å²) in [7, 11) is 0. The number of carbonyl (C=O) groups is 1. The molecule has 1 saturated carbocycles. The average Bonchev–Trinajstić information content (AvgIpc) is 2.40. The Morgan fingerprint density at radius 2 is 2.05 bits per heavy atom. The van der Waals surface area contributed by atoms with Crippen LogP contribution in [0.25, 0.3) is 0 Å². The molecule has 3 heteroatoms. The van der Waals surface area contributed by atoms with E-state index in [1.807, 2.05) is 19.1 Å². The molecule has 0 aliphatic heterocycles. The molecule has 3 N–H and O–H groups in total. The number of rotatable bonds is 4. The zero-order valence-electron chi connectivity index (χ0n) is 11.7. The Hall–Kier alpha value is -1.51. The van der Waals surface area contributed by atoms with E-state index in [4.69, 9.17) is 5.73 Å². The summed E-state index contributed by atoms with van der Waals surface area (Å²) in [5.41, 5.74) is 8.01. The molecule has 0 bridgehead atoms. The van der Waals surface area contributed by atoms with E-state index >= 15 is 0 Å². The van der Waals surface area contributed by atoms with E-state index in [9.17, 15) is 4.79 Å². The van der Waals surface area contributed by atoms with Gasteiger partial charge in [-0.15, -0.1) is 0 Å². The van der Waals surface area contributed by atoms with Gasteiger partial charge in [0.1, 0.15) is 0 Å². The summed E-state index contributed by atoms with van der Waals surface area (Å²) in [6.07, 6.45) is 7.82. The maximum atomic E-state index is 12.1. The van der Waals surface area contributed by atoms with Crippen molar-refractivity contribution in [1.29, 1.82) is 0 Å². The van der Waals surface area contributed by atoms with E-state index in [1.165, 1.54) is 32.1 Å². The zero-order chi connectivity index (χ0) is 13.7. The summed E-state index contributed by atoms with van der Waals surface area (Å²) < 4.78 is 0. The van der Waals surface area contributed by atoms with Crippen molar-refractivity contribution in [2.24, 2.45) is 5.92 Å². The standard InChI is InChI=1S/C16H24N2O/c1-12-6-5-9-14(17)15(12)16(19)18-11-10-13-7-3-2-4-8-13/h5-6,9,13H,2-4,7-8,10-11,17H2,1H3,(H,18,19). The monoisotopic (exact) mass is 260 g/mol. The number of nitrogens with one attached hydrogen (secondary N) is 1. The van der Waals surface area contributed by atoms with Crippen molar-refractivity contribution in [3.63, 3.8) is 0 Å². The van der Waals surface area contributed by atoms with Gasteiger partial charge in [-0.05, 0) is 30.9 Å². The third-order valence-corrected chi connectivity index (χ3v) is 4.09. The van der Waals surface area contributed by atoms with Gasteiger partial charge in [-0.2, -0.15) is 0 Å². The first-order valence-electron chi connectivity index (χ1n) is 7.32. The molecular weight excluding hydrogens is 236 g/mol. The van der Waals surface area contributed by atoms with Gasteiger partial charge >= 0.3 is 0 Å². The fourth-order valence-corrected chi connectivity index (χ4v) is 2.95. The molecule has 3 nitrogen and oxygen atoms in total. The number of benzene rings is 1. The summed E-state index contributed by atoms with van der Waals surface area (Å²) in [4.78, 5) is 12.1. The highest BCUT2D eigenvalue weighted by molar-refractivity contribution is 6.00. The van der Waals surface area contributed by atoms with Crippen molar-refractivity contribution in [3.8, 4) is 0 Å². The minimum Gasteiger partial charge on any atom is -0.398 e. The van der Waals surface area contributed by atoms with E-state index in [0.717, 1.165) is 24.4 Å². The van der Waals surface area contributed by atoms with Crippen LogP contribution in [0, 0.1) is 12.8 Å². The molecule has 1 aliphatic carbocycles. The van der Waals surface area contributed by atoms with Gasteiger partial charge in [0.15, 0.2) is 0 Å². The number of hydrogen-bond acceptors (Lipinski definition) is 2. The quantitative estimate of drug-likeness (QED) is 0.816. The number of nitrogens with two attached hydrogens (primary N) is 1. The van der Waals surface area contributed by atoms with Crippen LogP contribution in [-0.4, -0.2) is 12.5 Å². The molecule has 0 radical (unpaired) electrons. The first-order valence-corrected chi connectivity index (χ1v) is 7.32. The SMILES string of the molecule is Cc1cccc(N)c1C(=O)NCCC1CCCCC1. The van der Waals surface area contributed by atoms with Crippen molar-refractivity contribution >= 4 is 11.6 Å². The maximum absolute atomic E-state index is 12.1. The number of amides is 1. The molecule has 1 aromatic carbocycles. The largest absolute Gasteiger partial charge is 0.398 e. The second-order valence-electron chi connectivity index (χ2n) is 5.59. The summed E-state index contributed by atoms with van der Waals surface area (Å²) in [6.45, 7) is 2.68. The third-order valence-electron chi connectivity index (χ3n) is 4.09. The van der Waals surface area contributed by atoms with Crippen LogP contribution in [0.4, 0.5) is 5.69 Å². The maximum Gasteiger partial charge on any atom is 0.253 e. The van der Waals surface area contributed by atoms with Gasteiger partial charge < -0.3 is 11.1 Å². The highest BCUT2D eigenvalue weighted by atomic mass is 16.1. The molecule has 0 unspecified atom stereocenters. The number of carbonyl (C=O) groups excluding carboxylic acids is 1. The Bertz CT molecular complexity index is 416. The molecule has 104 valence electrons. The van der Waals surface area contributed by atoms with Gasteiger partial charge in [0.25, 0.3) is 5.91 Å². The molecule has 0 spiro atoms. The summed E-state index contributed by atoms with van der Waals surface area (Å²) in [5, 5.41) is 3.01. The number of hydrogen-bond donors (Lipinski definition) is 2. The predicted molar refractivity (Wildman–Crippen MR) is 79.1 cm³/mol. The highest BCUT2D eigenvalue weighted by Crippen LogP contribution is 2.25. The Balaban J connectivity index is 1.84. The fourth-order valence-electron chi connectivity index (χ4n) is 2.95. The Labute approximate surface area is 115 Å². The van der Waals surface area contributed by atoms with Gasteiger partial charge in [0, 0.05) is 12.2 Å². The van der Waals surface area contributed by atoms with Crippen LogP contribution in [0.5, 0.6) is 0 Å². The van der Waals surface area contributed by atoms with Crippen molar-refractivity contribution in [2.75, 3.05) is 12.3 Å². The first-order chi connectivity index (χ1) is 9.18. The Kier molecular flexibility index (Phi) is 4.83. The summed E-state index contributed by atoms with van der Waals surface area (Å²) >= 11 is 0. The summed E-state index contributed by atoms with van der Waals surface area (Å²) in [6, 6.07) is 5.58. The molecule has 2 rings (SSSR count). The molecule has 0 atom stereocenters. The minimum absolute atomic E-state index is 0.0357. The van der Waals surface area contributed by atoms with Crippen LogP contribution in [0.2, 0.25) is 0 Å². The average molecular weight is 260 g/mol. The molecule has 1 amide bonds. The van der Waals surface area contributed by atoms with Crippen LogP contribution < -0.4 is 11.1 Å². The topological polar surface area (TPSA) is 55.1 Å². The minimum atomic E-state index is -0.0357. The lowest BCUT2D eigenvalue weighted by Gasteiger charge is -2.21. The highest BCUT2D eigenvalue weighted by Gasteiger charge is 2.15. The Morgan fingerprint density at radius 3 is 2.74 bits per heavy atom. The van der Waals surface area contributed by atoms with Crippen LogP contribution in [-0.2, 0) is 0 Å². The van der Waals surface area contributed by atoms with Crippen LogP contribution in [0.1, 0.15) is 54.4 Å². The van der Waals surface area contributed by atoms with Crippen LogP contribution in [0.15, 0.2) is 18.2 Å². The van der Waals surface area contributed by atoms with Crippen molar-refractivity contribution in [3.05, 3.63) is 29.3 Å². The molecule has 1 fully saturated rings. The molecule has 19 heavy (non-hydrogen) atoms. The smallest absolute Gasteiger partial charge is 0.253 e. The van der Waals surface area contributed by atoms with Crippen molar-refractivity contribution in [1.82, 2.24) is 5.32 Å². The fraction of sp³-hybridized carbons (Fsp3) is 0.562. The lowest BCUT2D eigenvalue weighted by atomic mass is 9.87. The van der Waals surface area contributed by atoms with E-state index in [0.29, 0.717) is 11.3 Å². The number of anilines is 1. The van der Waals surface area contributed by atoms with Crippen LogP contribution in [0.3, 0.4) is 0 Å². The van der Waals surface area contributed by atoms with E-state index in [1.54, 1.807) is 6.07 Å². The predicted octanol–water partition coefficient (Wildman–Crippen LogP) is 3.28. The zero-order valence-corrected chi connectivity index (χ0v) is 11.7. The second-order valence-corrected chi connectivity index (χ2v) is 5.59. The number of aryl methyl sites for hydroxylation is 1. The van der Waals surface area contributed by atoms with E-state index in [-0.39, 0.29) is 5.91 Å². The lowest BCUT2D eigenvalue weighted by Crippen LogP contribution is -2.27. The number of nitrogen functional groups attached to an aromatic ring is 1. The van der Waals surface area contributed by atoms with Gasteiger partial charge in [0.05, 0.1) is 5.56 Å². The van der Waals surface area contributed by atoms with Gasteiger partial charge in [-0.3, -0.25) is 4.79 Å². The molecule has 1 aliphatic rings. The van der Waals surface area contributed by atoms with Gasteiger partial charge in [0.2, 0.25) is 0 Å². The van der Waals surface area contributed by atoms with Gasteiger partial charge in [-0.1, -0.05) is 44.2 Å². The molecule has 1 aromatic rings. The molecule has 0 aromatic heterocycles. The van der Waals surface area contributed by atoms with Crippen LogP contribution >= 0.6 is 0 Å². The van der Waals surface area contributed by atoms with Crippen molar-refractivity contribution < 1.29 is 4.79 Å². The lowest BCUT2D eigenvalue weighted by molar-refractivity contribution is 0.0950. The Morgan fingerprint density at radius 1 is 1.32 bits per heavy atom. The van der Waals surface area contributed by atoms with E-state index in [2.05, 4.69) is 5.32 Å². The first kappa shape index (κ1) is 13.9. The second kappa shape index (κ2) is 6.60. The molecular formula is C16H24N2O. The summed E-state index contributed by atoms with van der Waals surface area (Å²) in [5.74, 6) is 0.759. The van der Waals surface area contributed by atoms with Gasteiger partial charge in [-0.25, -0.2) is 0 Å². The normalized spacial score (nSPS) is 16.3.